The number of rotatable bonds is 8. The SMILES string of the molecule is C.C/C=C(\C)C1CCCN(C[C@H]2CCN(C(=N)/C=C\COCNC)C2)CCN1.COC.CS.Fc1cccc(F)c1.O.O. The first-order chi connectivity index (χ1) is 19.3. The normalized spacial score (nSPS) is 18.4. The molecule has 2 aliphatic rings. The highest BCUT2D eigenvalue weighted by Crippen LogP contribution is 2.19. The molecule has 0 saturated carbocycles. The molecular formula is C31H61F2N5O4S. The van der Waals surface area contributed by atoms with Crippen LogP contribution >= 0.6 is 12.6 Å². The van der Waals surface area contributed by atoms with E-state index in [2.05, 4.69) is 57.7 Å². The first kappa shape index (κ1) is 48.0. The summed E-state index contributed by atoms with van der Waals surface area (Å²) in [5, 5.41) is 14.9. The minimum Gasteiger partial charge on any atom is -0.412 e. The number of hydrogen-bond acceptors (Lipinski definition) is 7. The number of nitrogens with zero attached hydrogens (tertiary/aromatic N) is 2. The van der Waals surface area contributed by atoms with Crippen LogP contribution in [0.3, 0.4) is 0 Å². The van der Waals surface area contributed by atoms with Crippen molar-refractivity contribution in [2.24, 2.45) is 5.92 Å². The molecule has 254 valence electrons. The van der Waals surface area contributed by atoms with Crippen LogP contribution in [0.15, 0.2) is 48.1 Å². The summed E-state index contributed by atoms with van der Waals surface area (Å²) in [7, 11) is 5.11. The molecule has 2 atom stereocenters. The van der Waals surface area contributed by atoms with Gasteiger partial charge in [0.25, 0.3) is 0 Å². The maximum atomic E-state index is 11.9. The highest BCUT2D eigenvalue weighted by molar-refractivity contribution is 7.79. The van der Waals surface area contributed by atoms with Gasteiger partial charge in [-0.25, -0.2) is 8.78 Å². The topological polar surface area (TPSA) is 136 Å². The average Bonchev–Trinajstić information content (AvgIpc) is 3.40. The number of allylic oxidation sites excluding steroid dienone is 1. The summed E-state index contributed by atoms with van der Waals surface area (Å²) in [5.74, 6) is 0.214. The Kier molecular flexibility index (Phi) is 35.2. The van der Waals surface area contributed by atoms with E-state index >= 15 is 0 Å². The maximum absolute atomic E-state index is 11.9. The zero-order chi connectivity index (χ0) is 30.2. The summed E-state index contributed by atoms with van der Waals surface area (Å²) in [6.45, 7) is 12.0. The zero-order valence-electron chi connectivity index (χ0n) is 26.4. The molecule has 0 aliphatic carbocycles. The summed E-state index contributed by atoms with van der Waals surface area (Å²) in [5.41, 5.74) is 1.47. The Labute approximate surface area is 265 Å². The fourth-order valence-electron chi connectivity index (χ4n) is 4.42. The van der Waals surface area contributed by atoms with E-state index in [-0.39, 0.29) is 18.4 Å². The van der Waals surface area contributed by atoms with E-state index in [1.165, 1.54) is 49.6 Å². The number of amidine groups is 1. The van der Waals surface area contributed by atoms with Crippen LogP contribution in [0, 0.1) is 23.0 Å². The van der Waals surface area contributed by atoms with Crippen molar-refractivity contribution in [1.29, 1.82) is 5.41 Å². The van der Waals surface area contributed by atoms with Gasteiger partial charge in [0, 0.05) is 59.1 Å². The predicted octanol–water partition coefficient (Wildman–Crippen LogP) is 3.82. The highest BCUT2D eigenvalue weighted by atomic mass is 32.1. The van der Waals surface area contributed by atoms with Crippen LogP contribution in [0.25, 0.3) is 0 Å². The van der Waals surface area contributed by atoms with Crippen LogP contribution in [-0.4, -0.2) is 113 Å². The molecule has 3 rings (SSSR count). The van der Waals surface area contributed by atoms with E-state index < -0.39 is 11.6 Å². The molecule has 2 heterocycles. The molecule has 0 bridgehead atoms. The minimum atomic E-state index is -0.537. The first-order valence-corrected chi connectivity index (χ1v) is 14.8. The third-order valence-corrected chi connectivity index (χ3v) is 6.46. The molecule has 12 heteroatoms. The molecule has 2 fully saturated rings. The van der Waals surface area contributed by atoms with Crippen LogP contribution in [0.4, 0.5) is 8.78 Å². The molecule has 1 unspecified atom stereocenters. The van der Waals surface area contributed by atoms with Crippen molar-refractivity contribution in [2.75, 3.05) is 80.1 Å². The third kappa shape index (κ3) is 23.2. The van der Waals surface area contributed by atoms with Gasteiger partial charge >= 0.3 is 0 Å². The van der Waals surface area contributed by atoms with Gasteiger partial charge in [0.2, 0.25) is 0 Å². The molecule has 0 aromatic heterocycles. The van der Waals surface area contributed by atoms with Gasteiger partial charge in [-0.15, -0.1) is 0 Å². The van der Waals surface area contributed by atoms with E-state index in [4.69, 9.17) is 10.1 Å². The summed E-state index contributed by atoms with van der Waals surface area (Å²) >= 11 is 3.53. The lowest BCUT2D eigenvalue weighted by molar-refractivity contribution is 0.148. The van der Waals surface area contributed by atoms with Crippen LogP contribution in [-0.2, 0) is 9.47 Å². The van der Waals surface area contributed by atoms with Gasteiger partial charge in [-0.2, -0.15) is 12.6 Å². The number of thiol groups is 1. The maximum Gasteiger partial charge on any atom is 0.126 e. The molecule has 9 nitrogen and oxygen atoms in total. The van der Waals surface area contributed by atoms with Gasteiger partial charge in [0.15, 0.2) is 0 Å². The van der Waals surface area contributed by atoms with E-state index in [1.807, 2.05) is 19.2 Å². The van der Waals surface area contributed by atoms with Crippen molar-refractivity contribution in [1.82, 2.24) is 20.4 Å². The van der Waals surface area contributed by atoms with Gasteiger partial charge < -0.3 is 35.5 Å². The number of hydrogen-bond donors (Lipinski definition) is 4. The molecule has 0 spiro atoms. The molecule has 43 heavy (non-hydrogen) atoms. The lowest BCUT2D eigenvalue weighted by Gasteiger charge is -2.31. The first-order valence-electron chi connectivity index (χ1n) is 13.9. The Morgan fingerprint density at radius 2 is 1.77 bits per heavy atom. The molecular weight excluding hydrogens is 576 g/mol. The fraction of sp³-hybridized carbons (Fsp3) is 0.645. The van der Waals surface area contributed by atoms with Crippen LogP contribution < -0.4 is 10.6 Å². The van der Waals surface area contributed by atoms with Gasteiger partial charge in [-0.3, -0.25) is 10.7 Å². The molecule has 0 radical (unpaired) electrons. The largest absolute Gasteiger partial charge is 0.412 e. The molecule has 7 N–H and O–H groups in total. The predicted molar refractivity (Wildman–Crippen MR) is 181 cm³/mol. The molecule has 1 aromatic rings. The van der Waals surface area contributed by atoms with Crippen LogP contribution in [0.2, 0.25) is 0 Å². The lowest BCUT2D eigenvalue weighted by atomic mass is 10.0. The average molecular weight is 638 g/mol. The number of nitrogens with one attached hydrogen (secondary N) is 3. The molecule has 1 aromatic carbocycles. The number of likely N-dealkylation sites (tertiary alicyclic amines) is 1. The summed E-state index contributed by atoms with van der Waals surface area (Å²) < 4.78 is 33.4. The van der Waals surface area contributed by atoms with Gasteiger partial charge in [-0.05, 0) is 77.1 Å². The van der Waals surface area contributed by atoms with Gasteiger partial charge in [-0.1, -0.05) is 31.2 Å². The third-order valence-electron chi connectivity index (χ3n) is 6.46. The molecule has 0 amide bonds. The Hall–Kier alpha value is -1.90. The van der Waals surface area contributed by atoms with Crippen molar-refractivity contribution in [3.05, 3.63) is 59.7 Å². The number of ether oxygens (including phenoxy) is 2. The lowest BCUT2D eigenvalue weighted by Crippen LogP contribution is -2.43. The summed E-state index contributed by atoms with van der Waals surface area (Å²) in [4.78, 5) is 4.82. The summed E-state index contributed by atoms with van der Waals surface area (Å²) in [6.07, 6.45) is 11.4. The summed E-state index contributed by atoms with van der Waals surface area (Å²) in [6, 6.07) is 5.11. The van der Waals surface area contributed by atoms with E-state index in [9.17, 15) is 8.78 Å². The van der Waals surface area contributed by atoms with Gasteiger partial charge in [0.1, 0.15) is 17.5 Å². The van der Waals surface area contributed by atoms with Crippen molar-refractivity contribution >= 4 is 18.5 Å². The van der Waals surface area contributed by atoms with E-state index in [0.29, 0.717) is 31.1 Å². The smallest absolute Gasteiger partial charge is 0.126 e. The van der Waals surface area contributed by atoms with Crippen molar-refractivity contribution in [3.8, 4) is 0 Å². The number of halogens is 2. The number of methoxy groups -OCH3 is 1. The van der Waals surface area contributed by atoms with E-state index in [1.54, 1.807) is 20.5 Å². The number of benzene rings is 1. The second-order valence-corrected chi connectivity index (χ2v) is 9.59. The standard InChI is InChI=1S/C21H39N5O.C6H4F2.C2H6O.CH4S.CH4.2H2O/c1-4-18(2)20-7-5-11-25(13-10-24-20)15-19-9-12-26(16-19)21(22)8-6-14-27-17-23-3;7-5-2-1-3-6(8)4-5;1-3-2;1-2;;;/h4,6,8,19-20,22-24H,5,7,9-17H2,1-3H3;1-4H;1-2H3;2H,1H3;1H4;2*1H2/b8-6-,18-4+,22-21?;;;;;;/t19-,20?;;;;;;/m1....../s1. The highest BCUT2D eigenvalue weighted by Gasteiger charge is 2.26. The Morgan fingerprint density at radius 3 is 2.30 bits per heavy atom. The monoisotopic (exact) mass is 637 g/mol. The fourth-order valence-corrected chi connectivity index (χ4v) is 4.42. The van der Waals surface area contributed by atoms with Crippen molar-refractivity contribution in [3.63, 3.8) is 0 Å². The second kappa shape index (κ2) is 31.5. The van der Waals surface area contributed by atoms with E-state index in [0.717, 1.165) is 38.8 Å². The minimum absolute atomic E-state index is 0. The Balaban J connectivity index is -0.000000400. The quantitative estimate of drug-likeness (QED) is 0.0855. The van der Waals surface area contributed by atoms with Crippen LogP contribution in [0.1, 0.15) is 40.5 Å². The van der Waals surface area contributed by atoms with Gasteiger partial charge in [0.05, 0.1) is 13.3 Å². The van der Waals surface area contributed by atoms with Crippen molar-refractivity contribution in [2.45, 2.75) is 46.6 Å². The molecule has 2 saturated heterocycles. The second-order valence-electron chi connectivity index (χ2n) is 9.59. The molecule has 2 aliphatic heterocycles. The Bertz CT molecular complexity index is 825. The Morgan fingerprint density at radius 1 is 1.14 bits per heavy atom. The van der Waals surface area contributed by atoms with Crippen LogP contribution in [0.5, 0.6) is 0 Å². The zero-order valence-corrected chi connectivity index (χ0v) is 27.3. The van der Waals surface area contributed by atoms with Crippen molar-refractivity contribution < 1.29 is 29.2 Å².